The standard InChI is InChI=1S/C35H41N3O9/c1-21-9-8-12-25(39)11-7-5-6-10-23-17-28(40)32(33(43)31(23)34(44)47-21)27(22-13-15-26(46-4)16-14-22)19-29(41)36-20-24-18-30(42)38(3)35(45)37(24)2/h6,10,13-18,21,27,40,43H,5,7-9,11-12,19-20H2,1-4H3,(H,36,41)/t21-,27?/m0/s1. The number of hydrogen-bond acceptors (Lipinski definition) is 9. The number of benzene rings is 2. The van der Waals surface area contributed by atoms with Crippen LogP contribution in [0.15, 0.2) is 52.1 Å². The van der Waals surface area contributed by atoms with Crippen LogP contribution in [0, 0.1) is 0 Å². The zero-order valence-corrected chi connectivity index (χ0v) is 27.1. The minimum Gasteiger partial charge on any atom is -0.507 e. The Balaban J connectivity index is 1.75. The van der Waals surface area contributed by atoms with Crippen LogP contribution in [0.5, 0.6) is 17.2 Å². The first kappa shape index (κ1) is 34.7. The first-order valence-electron chi connectivity index (χ1n) is 15.6. The molecule has 4 rings (SSSR count). The van der Waals surface area contributed by atoms with Crippen LogP contribution >= 0.6 is 0 Å². The van der Waals surface area contributed by atoms with Crippen molar-refractivity contribution in [3.05, 3.63) is 91.3 Å². The van der Waals surface area contributed by atoms with Crippen LogP contribution in [0.3, 0.4) is 0 Å². The van der Waals surface area contributed by atoms with Gasteiger partial charge in [-0.15, -0.1) is 0 Å². The van der Waals surface area contributed by atoms with E-state index in [0.717, 1.165) is 4.57 Å². The number of esters is 1. The number of methoxy groups -OCH3 is 1. The fraction of sp³-hybridized carbons (Fsp3) is 0.400. The van der Waals surface area contributed by atoms with E-state index in [9.17, 15) is 34.2 Å². The van der Waals surface area contributed by atoms with Crippen LogP contribution in [0.4, 0.5) is 0 Å². The van der Waals surface area contributed by atoms with Crippen molar-refractivity contribution in [1.82, 2.24) is 14.5 Å². The lowest BCUT2D eigenvalue weighted by Crippen LogP contribution is -2.39. The van der Waals surface area contributed by atoms with Crippen molar-refractivity contribution in [3.63, 3.8) is 0 Å². The topological polar surface area (TPSA) is 166 Å². The van der Waals surface area contributed by atoms with Crippen LogP contribution in [0.25, 0.3) is 6.08 Å². The predicted molar refractivity (Wildman–Crippen MR) is 175 cm³/mol. The van der Waals surface area contributed by atoms with E-state index in [2.05, 4.69) is 5.32 Å². The molecule has 1 aliphatic heterocycles. The van der Waals surface area contributed by atoms with Gasteiger partial charge >= 0.3 is 11.7 Å². The molecule has 0 spiro atoms. The Morgan fingerprint density at radius 3 is 2.45 bits per heavy atom. The number of phenolic OH excluding ortho intramolecular Hbond substituents is 2. The summed E-state index contributed by atoms with van der Waals surface area (Å²) in [6, 6.07) is 9.33. The van der Waals surface area contributed by atoms with Gasteiger partial charge in [-0.1, -0.05) is 24.3 Å². The van der Waals surface area contributed by atoms with Crippen LogP contribution < -0.4 is 21.3 Å². The molecule has 47 heavy (non-hydrogen) atoms. The molecule has 3 aromatic rings. The van der Waals surface area contributed by atoms with E-state index in [1.165, 1.54) is 37.9 Å². The number of ether oxygens (including phenoxy) is 2. The lowest BCUT2D eigenvalue weighted by molar-refractivity contribution is -0.121. The quantitative estimate of drug-likeness (QED) is 0.323. The highest BCUT2D eigenvalue weighted by Gasteiger charge is 2.31. The maximum Gasteiger partial charge on any atom is 0.342 e. The summed E-state index contributed by atoms with van der Waals surface area (Å²) in [5.41, 5.74) is -0.197. The molecule has 0 radical (unpaired) electrons. The number of amides is 1. The summed E-state index contributed by atoms with van der Waals surface area (Å²) < 4.78 is 13.2. The lowest BCUT2D eigenvalue weighted by Gasteiger charge is -2.23. The third-order valence-electron chi connectivity index (χ3n) is 8.40. The number of phenols is 2. The average Bonchev–Trinajstić information content (AvgIpc) is 3.03. The number of carbonyl (C=O) groups excluding carboxylic acids is 3. The molecule has 0 saturated heterocycles. The second-order valence-corrected chi connectivity index (χ2v) is 11.7. The highest BCUT2D eigenvalue weighted by molar-refractivity contribution is 5.98. The molecule has 2 atom stereocenters. The summed E-state index contributed by atoms with van der Waals surface area (Å²) in [5, 5.41) is 25.8. The zero-order valence-electron chi connectivity index (χ0n) is 27.1. The van der Waals surface area contributed by atoms with Crippen molar-refractivity contribution < 1.29 is 34.1 Å². The number of ketones is 1. The summed E-state index contributed by atoms with van der Waals surface area (Å²) in [5.74, 6) is -2.41. The van der Waals surface area contributed by atoms with Crippen molar-refractivity contribution in [2.45, 2.75) is 70.4 Å². The van der Waals surface area contributed by atoms with Gasteiger partial charge in [-0.05, 0) is 61.9 Å². The van der Waals surface area contributed by atoms with E-state index in [0.29, 0.717) is 49.8 Å². The van der Waals surface area contributed by atoms with Crippen molar-refractivity contribution >= 4 is 23.7 Å². The van der Waals surface area contributed by atoms with E-state index in [-0.39, 0.29) is 46.9 Å². The first-order chi connectivity index (χ1) is 22.4. The Morgan fingerprint density at radius 2 is 1.74 bits per heavy atom. The number of nitrogens with zero attached hydrogens (tertiary/aromatic N) is 2. The van der Waals surface area contributed by atoms with Gasteiger partial charge in [0.1, 0.15) is 28.6 Å². The molecule has 0 bridgehead atoms. The molecule has 12 nitrogen and oxygen atoms in total. The van der Waals surface area contributed by atoms with Gasteiger partial charge in [0, 0.05) is 56.6 Å². The molecule has 3 N–H and O–H groups in total. The van der Waals surface area contributed by atoms with E-state index < -0.39 is 40.9 Å². The van der Waals surface area contributed by atoms with Crippen LogP contribution in [-0.2, 0) is 35.0 Å². The molecular formula is C35H41N3O9. The summed E-state index contributed by atoms with van der Waals surface area (Å²) in [4.78, 5) is 63.6. The van der Waals surface area contributed by atoms with Crippen molar-refractivity contribution in [3.8, 4) is 17.2 Å². The van der Waals surface area contributed by atoms with Gasteiger partial charge in [-0.25, -0.2) is 9.59 Å². The first-order valence-corrected chi connectivity index (χ1v) is 15.6. The third-order valence-corrected chi connectivity index (χ3v) is 8.40. The number of aromatic nitrogens is 2. The molecule has 1 aromatic heterocycles. The number of nitrogens with one attached hydrogen (secondary N) is 1. The molecule has 2 aromatic carbocycles. The Kier molecular flexibility index (Phi) is 11.4. The molecule has 0 aliphatic carbocycles. The summed E-state index contributed by atoms with van der Waals surface area (Å²) in [6.45, 7) is 1.59. The largest absolute Gasteiger partial charge is 0.507 e. The molecule has 1 amide bonds. The monoisotopic (exact) mass is 647 g/mol. The number of rotatable bonds is 7. The van der Waals surface area contributed by atoms with Gasteiger partial charge in [0.2, 0.25) is 5.91 Å². The highest BCUT2D eigenvalue weighted by atomic mass is 16.5. The minimum absolute atomic E-state index is 0.0465. The number of fused-ring (bicyclic) bond motifs is 1. The van der Waals surface area contributed by atoms with Crippen molar-refractivity contribution in [1.29, 1.82) is 0 Å². The molecular weight excluding hydrogens is 606 g/mol. The van der Waals surface area contributed by atoms with Gasteiger partial charge in [0.15, 0.2) is 0 Å². The average molecular weight is 648 g/mol. The molecule has 250 valence electrons. The maximum absolute atomic E-state index is 13.6. The normalized spacial score (nSPS) is 16.5. The number of carbonyl (C=O) groups is 3. The van der Waals surface area contributed by atoms with Crippen LogP contribution in [-0.4, -0.2) is 50.2 Å². The van der Waals surface area contributed by atoms with Crippen molar-refractivity contribution in [2.24, 2.45) is 14.1 Å². The van der Waals surface area contributed by atoms with Gasteiger partial charge in [-0.3, -0.25) is 23.5 Å². The summed E-state index contributed by atoms with van der Waals surface area (Å²) >= 11 is 0. The number of hydrogen-bond donors (Lipinski definition) is 3. The minimum atomic E-state index is -0.938. The van der Waals surface area contributed by atoms with Crippen LogP contribution in [0.2, 0.25) is 0 Å². The van der Waals surface area contributed by atoms with E-state index >= 15 is 0 Å². The Morgan fingerprint density at radius 1 is 1.04 bits per heavy atom. The number of allylic oxidation sites excluding steroid dienone is 1. The summed E-state index contributed by atoms with van der Waals surface area (Å²) in [7, 11) is 4.35. The van der Waals surface area contributed by atoms with Crippen molar-refractivity contribution in [2.75, 3.05) is 7.11 Å². The molecule has 0 saturated carbocycles. The zero-order chi connectivity index (χ0) is 34.2. The SMILES string of the molecule is COc1ccc(C(CC(=O)NCc2cc(=O)n(C)c(=O)n2C)c2c(O)cc3c(c2O)C(=O)O[C@@H](C)CCCC(=O)CCCC=C3)cc1. The molecule has 12 heteroatoms. The van der Waals surface area contributed by atoms with E-state index in [1.807, 2.05) is 0 Å². The predicted octanol–water partition coefficient (Wildman–Crippen LogP) is 3.82. The second-order valence-electron chi connectivity index (χ2n) is 11.7. The van der Waals surface area contributed by atoms with Gasteiger partial charge in [0.05, 0.1) is 19.8 Å². The molecule has 1 aliphatic rings. The fourth-order valence-corrected chi connectivity index (χ4v) is 5.64. The smallest absolute Gasteiger partial charge is 0.342 e. The van der Waals surface area contributed by atoms with Crippen LogP contribution in [0.1, 0.15) is 90.5 Å². The Hall–Kier alpha value is -5.13. The highest BCUT2D eigenvalue weighted by Crippen LogP contribution is 2.44. The lowest BCUT2D eigenvalue weighted by atomic mass is 9.84. The Labute approximate surface area is 272 Å². The Bertz CT molecular complexity index is 1790. The van der Waals surface area contributed by atoms with Gasteiger partial charge < -0.3 is 25.0 Å². The molecule has 2 heterocycles. The van der Waals surface area contributed by atoms with Gasteiger partial charge in [-0.2, -0.15) is 0 Å². The number of aromatic hydroxyl groups is 2. The number of cyclic esters (lactones) is 1. The van der Waals surface area contributed by atoms with Gasteiger partial charge in [0.25, 0.3) is 5.56 Å². The maximum atomic E-state index is 13.6. The fourth-order valence-electron chi connectivity index (χ4n) is 5.64. The number of Topliss-reactive ketones (excluding diaryl/α,β-unsaturated/α-hetero) is 1. The van der Waals surface area contributed by atoms with E-state index in [4.69, 9.17) is 9.47 Å². The van der Waals surface area contributed by atoms with E-state index in [1.54, 1.807) is 43.3 Å². The summed E-state index contributed by atoms with van der Waals surface area (Å²) in [6.07, 6.45) is 5.58. The molecule has 1 unspecified atom stereocenters. The second kappa shape index (κ2) is 15.4. The third kappa shape index (κ3) is 8.37. The molecule has 0 fully saturated rings.